The second kappa shape index (κ2) is 7.75. The fourth-order valence-electron chi connectivity index (χ4n) is 2.40. The molecule has 0 bridgehead atoms. The van der Waals surface area contributed by atoms with Crippen molar-refractivity contribution in [3.8, 4) is 0 Å². The van der Waals surface area contributed by atoms with Gasteiger partial charge in [0.2, 0.25) is 5.91 Å². The van der Waals surface area contributed by atoms with Crippen LogP contribution >= 0.6 is 11.3 Å². The lowest BCUT2D eigenvalue weighted by molar-refractivity contribution is -0.115. The largest absolute Gasteiger partial charge is 0.332 e. The number of amides is 1. The number of anilines is 3. The minimum Gasteiger partial charge on any atom is -0.332 e. The van der Waals surface area contributed by atoms with Crippen molar-refractivity contribution in [1.29, 1.82) is 0 Å². The highest BCUT2D eigenvalue weighted by Crippen LogP contribution is 2.21. The molecule has 0 radical (unpaired) electrons. The molecule has 0 unspecified atom stereocenters. The summed E-state index contributed by atoms with van der Waals surface area (Å²) in [5, 5.41) is 8.92. The number of rotatable bonds is 6. The molecule has 24 heavy (non-hydrogen) atoms. The van der Waals surface area contributed by atoms with Crippen LogP contribution in [0.3, 0.4) is 0 Å². The molecule has 1 heterocycles. The van der Waals surface area contributed by atoms with Crippen LogP contribution in [0.4, 0.5) is 16.5 Å². The molecule has 0 spiro atoms. The lowest BCUT2D eigenvalue weighted by atomic mass is 10.1. The Bertz CT molecular complexity index is 814. The van der Waals surface area contributed by atoms with Gasteiger partial charge >= 0.3 is 0 Å². The quantitative estimate of drug-likeness (QED) is 0.689. The fourth-order valence-corrected chi connectivity index (χ4v) is 3.13. The van der Waals surface area contributed by atoms with Crippen molar-refractivity contribution >= 4 is 33.8 Å². The second-order valence-corrected chi connectivity index (χ2v) is 6.23. The molecular formula is C19H19N3OS. The highest BCUT2D eigenvalue weighted by molar-refractivity contribution is 7.13. The molecule has 0 aliphatic rings. The van der Waals surface area contributed by atoms with Gasteiger partial charge in [-0.3, -0.25) is 4.79 Å². The molecule has 2 N–H and O–H groups in total. The maximum atomic E-state index is 12.3. The number of hydrogen-bond acceptors (Lipinski definition) is 4. The van der Waals surface area contributed by atoms with Gasteiger partial charge in [-0.15, -0.1) is 11.3 Å². The Morgan fingerprint density at radius 3 is 2.62 bits per heavy atom. The SMILES string of the molecule is CCc1ccccc1NC(=O)Cc1csc(Nc2ccccc2)n1. The van der Waals surface area contributed by atoms with E-state index in [0.29, 0.717) is 0 Å². The molecule has 4 nitrogen and oxygen atoms in total. The third-order valence-corrected chi connectivity index (χ3v) is 4.40. The Labute approximate surface area is 145 Å². The molecular weight excluding hydrogens is 318 g/mol. The number of benzene rings is 2. The molecule has 1 amide bonds. The predicted molar refractivity (Wildman–Crippen MR) is 100.0 cm³/mol. The minimum atomic E-state index is -0.0486. The van der Waals surface area contributed by atoms with Gasteiger partial charge in [-0.2, -0.15) is 0 Å². The first kappa shape index (κ1) is 16.2. The van der Waals surface area contributed by atoms with Crippen LogP contribution in [0.1, 0.15) is 18.2 Å². The zero-order valence-electron chi connectivity index (χ0n) is 13.5. The van der Waals surface area contributed by atoms with E-state index in [2.05, 4.69) is 22.5 Å². The predicted octanol–water partition coefficient (Wildman–Crippen LogP) is 4.63. The Balaban J connectivity index is 1.61. The first-order valence-electron chi connectivity index (χ1n) is 7.89. The van der Waals surface area contributed by atoms with Crippen molar-refractivity contribution in [2.75, 3.05) is 10.6 Å². The number of aromatic nitrogens is 1. The smallest absolute Gasteiger partial charge is 0.230 e. The van der Waals surface area contributed by atoms with Crippen LogP contribution in [0.25, 0.3) is 0 Å². The summed E-state index contributed by atoms with van der Waals surface area (Å²) in [6.07, 6.45) is 1.16. The minimum absolute atomic E-state index is 0.0486. The topological polar surface area (TPSA) is 54.0 Å². The van der Waals surface area contributed by atoms with E-state index >= 15 is 0 Å². The lowest BCUT2D eigenvalue weighted by Gasteiger charge is -2.08. The Hall–Kier alpha value is -2.66. The summed E-state index contributed by atoms with van der Waals surface area (Å²) in [6.45, 7) is 2.08. The van der Waals surface area contributed by atoms with Gasteiger partial charge in [-0.1, -0.05) is 43.3 Å². The molecule has 122 valence electrons. The molecule has 5 heteroatoms. The van der Waals surface area contributed by atoms with E-state index < -0.39 is 0 Å². The Kier molecular flexibility index (Phi) is 5.23. The monoisotopic (exact) mass is 337 g/mol. The van der Waals surface area contributed by atoms with E-state index in [1.54, 1.807) is 0 Å². The lowest BCUT2D eigenvalue weighted by Crippen LogP contribution is -2.15. The van der Waals surface area contributed by atoms with Crippen molar-refractivity contribution in [2.24, 2.45) is 0 Å². The van der Waals surface area contributed by atoms with Crippen molar-refractivity contribution in [3.05, 3.63) is 71.2 Å². The molecule has 0 fully saturated rings. The van der Waals surface area contributed by atoms with Crippen LogP contribution in [0.5, 0.6) is 0 Å². The van der Waals surface area contributed by atoms with E-state index in [-0.39, 0.29) is 12.3 Å². The van der Waals surface area contributed by atoms with Gasteiger partial charge in [0.05, 0.1) is 12.1 Å². The maximum absolute atomic E-state index is 12.3. The summed E-state index contributed by atoms with van der Waals surface area (Å²) in [5.41, 5.74) is 3.77. The van der Waals surface area contributed by atoms with Gasteiger partial charge in [0.25, 0.3) is 0 Å². The Morgan fingerprint density at radius 2 is 1.83 bits per heavy atom. The molecule has 0 saturated heterocycles. The molecule has 2 aromatic carbocycles. The van der Waals surface area contributed by atoms with Crippen LogP contribution in [0, 0.1) is 0 Å². The van der Waals surface area contributed by atoms with Crippen molar-refractivity contribution in [2.45, 2.75) is 19.8 Å². The Morgan fingerprint density at radius 1 is 1.08 bits per heavy atom. The second-order valence-electron chi connectivity index (χ2n) is 5.37. The average Bonchev–Trinajstić information content (AvgIpc) is 3.03. The van der Waals surface area contributed by atoms with Crippen molar-refractivity contribution < 1.29 is 4.79 Å². The summed E-state index contributed by atoms with van der Waals surface area (Å²) in [6, 6.07) is 17.7. The number of thiazole rings is 1. The summed E-state index contributed by atoms with van der Waals surface area (Å²) in [7, 11) is 0. The van der Waals surface area contributed by atoms with Gasteiger partial charge in [0.1, 0.15) is 0 Å². The van der Waals surface area contributed by atoms with Crippen LogP contribution < -0.4 is 10.6 Å². The highest BCUT2D eigenvalue weighted by Gasteiger charge is 2.10. The number of aryl methyl sites for hydroxylation is 1. The first-order chi connectivity index (χ1) is 11.7. The third kappa shape index (κ3) is 4.20. The average molecular weight is 337 g/mol. The third-order valence-electron chi connectivity index (χ3n) is 3.59. The molecule has 0 aliphatic heterocycles. The van der Waals surface area contributed by atoms with E-state index in [9.17, 15) is 4.79 Å². The van der Waals surface area contributed by atoms with Gasteiger partial charge in [0.15, 0.2) is 5.13 Å². The molecule has 1 aromatic heterocycles. The van der Waals surface area contributed by atoms with E-state index in [1.165, 1.54) is 11.3 Å². The van der Waals surface area contributed by atoms with Crippen LogP contribution in [0.2, 0.25) is 0 Å². The molecule has 0 aliphatic carbocycles. The number of hydrogen-bond donors (Lipinski definition) is 2. The molecule has 0 atom stereocenters. The summed E-state index contributed by atoms with van der Waals surface area (Å²) in [5.74, 6) is -0.0486. The molecule has 3 aromatic rings. The number of carbonyl (C=O) groups is 1. The summed E-state index contributed by atoms with van der Waals surface area (Å²) >= 11 is 1.50. The van der Waals surface area contributed by atoms with Gasteiger partial charge in [0, 0.05) is 16.8 Å². The van der Waals surface area contributed by atoms with Gasteiger partial charge in [-0.25, -0.2) is 4.98 Å². The fraction of sp³-hybridized carbons (Fsp3) is 0.158. The van der Waals surface area contributed by atoms with E-state index in [0.717, 1.165) is 34.2 Å². The molecule has 0 saturated carbocycles. The maximum Gasteiger partial charge on any atom is 0.230 e. The number of carbonyl (C=O) groups excluding carboxylic acids is 1. The van der Waals surface area contributed by atoms with Gasteiger partial charge in [-0.05, 0) is 30.2 Å². The standard InChI is InChI=1S/C19H19N3OS/c1-2-14-8-6-7-11-17(14)22-18(23)12-16-13-24-19(21-16)20-15-9-4-3-5-10-15/h3-11,13H,2,12H2,1H3,(H,20,21)(H,22,23). The zero-order chi connectivity index (χ0) is 16.8. The zero-order valence-corrected chi connectivity index (χ0v) is 14.3. The highest BCUT2D eigenvalue weighted by atomic mass is 32.1. The number of nitrogens with zero attached hydrogens (tertiary/aromatic N) is 1. The van der Waals surface area contributed by atoms with Crippen LogP contribution in [0.15, 0.2) is 60.0 Å². The molecule has 3 rings (SSSR count). The number of para-hydroxylation sites is 2. The van der Waals surface area contributed by atoms with E-state index in [1.807, 2.05) is 60.0 Å². The van der Waals surface area contributed by atoms with Crippen LogP contribution in [-0.2, 0) is 17.6 Å². The summed E-state index contributed by atoms with van der Waals surface area (Å²) < 4.78 is 0. The first-order valence-corrected chi connectivity index (χ1v) is 8.77. The van der Waals surface area contributed by atoms with Crippen molar-refractivity contribution in [3.63, 3.8) is 0 Å². The van der Waals surface area contributed by atoms with Crippen molar-refractivity contribution in [1.82, 2.24) is 4.98 Å². The normalized spacial score (nSPS) is 10.4. The van der Waals surface area contributed by atoms with Crippen LogP contribution in [-0.4, -0.2) is 10.9 Å². The number of nitrogens with one attached hydrogen (secondary N) is 2. The van der Waals surface area contributed by atoms with Gasteiger partial charge < -0.3 is 10.6 Å². The van der Waals surface area contributed by atoms with E-state index in [4.69, 9.17) is 0 Å². The summed E-state index contributed by atoms with van der Waals surface area (Å²) in [4.78, 5) is 16.7.